The number of aliphatic hydroxyl groups excluding tert-OH is 1. The molecule has 1 heterocycles. The van der Waals surface area contributed by atoms with E-state index in [0.29, 0.717) is 24.8 Å². The van der Waals surface area contributed by atoms with E-state index in [4.69, 9.17) is 16.3 Å². The highest BCUT2D eigenvalue weighted by Gasteiger charge is 2.16. The Morgan fingerprint density at radius 2 is 1.96 bits per heavy atom. The molecule has 0 aromatic heterocycles. The van der Waals surface area contributed by atoms with Crippen molar-refractivity contribution in [3.63, 3.8) is 0 Å². The third kappa shape index (κ3) is 6.99. The molecule has 1 saturated heterocycles. The number of hydrogen-bond donors (Lipinski definition) is 2. The van der Waals surface area contributed by atoms with Gasteiger partial charge in [-0.2, -0.15) is 0 Å². The average molecular weight is 361 g/mol. The first kappa shape index (κ1) is 18.4. The van der Waals surface area contributed by atoms with E-state index in [0.717, 1.165) is 24.1 Å². The molecule has 0 radical (unpaired) electrons. The van der Waals surface area contributed by atoms with E-state index < -0.39 is 16.1 Å². The minimum atomic E-state index is -3.59. The summed E-state index contributed by atoms with van der Waals surface area (Å²) in [7, 11) is -3.59. The van der Waals surface area contributed by atoms with Gasteiger partial charge in [0, 0.05) is 36.6 Å². The quantitative estimate of drug-likeness (QED) is 0.756. The second kappa shape index (κ2) is 8.77. The number of benzene rings is 1. The third-order valence-electron chi connectivity index (χ3n) is 3.40. The maximum Gasteiger partial charge on any atom is 0.233 e. The van der Waals surface area contributed by atoms with Crippen LogP contribution in [0.15, 0.2) is 29.7 Å². The van der Waals surface area contributed by atoms with Crippen molar-refractivity contribution in [3.8, 4) is 0 Å². The standard InChI is InChI=1S/C15H21ClN2O4S/c16-14-3-1-13(2-4-14)5-10-23(20,21)17-11-15(19)12-18-6-8-22-9-7-18/h1-5,10,15,17,19H,6-9,11-12H2. The monoisotopic (exact) mass is 360 g/mol. The SMILES string of the molecule is O=S(=O)(C=Cc1ccc(Cl)cc1)NCC(O)CN1CCOCC1. The maximum absolute atomic E-state index is 11.9. The molecule has 1 aromatic carbocycles. The molecule has 2 N–H and O–H groups in total. The summed E-state index contributed by atoms with van der Waals surface area (Å²) >= 11 is 5.77. The highest BCUT2D eigenvalue weighted by atomic mass is 35.5. The van der Waals surface area contributed by atoms with Gasteiger partial charge in [-0.05, 0) is 23.8 Å². The molecule has 0 aliphatic carbocycles. The number of nitrogens with one attached hydrogen (secondary N) is 1. The second-order valence-electron chi connectivity index (χ2n) is 5.31. The van der Waals surface area contributed by atoms with Gasteiger partial charge in [-0.15, -0.1) is 0 Å². The smallest absolute Gasteiger partial charge is 0.233 e. The van der Waals surface area contributed by atoms with Crippen molar-refractivity contribution in [3.05, 3.63) is 40.3 Å². The molecule has 0 amide bonds. The number of sulfonamides is 1. The van der Waals surface area contributed by atoms with Crippen molar-refractivity contribution >= 4 is 27.7 Å². The lowest BCUT2D eigenvalue weighted by atomic mass is 10.2. The zero-order valence-electron chi connectivity index (χ0n) is 12.7. The van der Waals surface area contributed by atoms with Crippen LogP contribution in [0.2, 0.25) is 5.02 Å². The van der Waals surface area contributed by atoms with Crippen molar-refractivity contribution in [2.45, 2.75) is 6.10 Å². The first-order valence-electron chi connectivity index (χ1n) is 7.36. The minimum Gasteiger partial charge on any atom is -0.390 e. The summed E-state index contributed by atoms with van der Waals surface area (Å²) in [6, 6.07) is 6.82. The Morgan fingerprint density at radius 3 is 2.61 bits per heavy atom. The van der Waals surface area contributed by atoms with E-state index in [9.17, 15) is 13.5 Å². The van der Waals surface area contributed by atoms with Crippen LogP contribution in [0.1, 0.15) is 5.56 Å². The second-order valence-corrected chi connectivity index (χ2v) is 7.40. The molecule has 1 aliphatic heterocycles. The topological polar surface area (TPSA) is 78.9 Å². The summed E-state index contributed by atoms with van der Waals surface area (Å²) in [5, 5.41) is 11.6. The van der Waals surface area contributed by atoms with Crippen LogP contribution < -0.4 is 4.72 Å². The van der Waals surface area contributed by atoms with Gasteiger partial charge in [-0.1, -0.05) is 23.7 Å². The van der Waals surface area contributed by atoms with Crippen molar-refractivity contribution < 1.29 is 18.3 Å². The fourth-order valence-electron chi connectivity index (χ4n) is 2.15. The molecular weight excluding hydrogens is 340 g/mol. The predicted molar refractivity (Wildman–Crippen MR) is 90.7 cm³/mol. The van der Waals surface area contributed by atoms with Crippen LogP contribution in [0.3, 0.4) is 0 Å². The molecule has 0 saturated carbocycles. The number of ether oxygens (including phenoxy) is 1. The number of β-amino-alcohol motifs (C(OH)–C–C–N with tert-alkyl or cyclic N) is 1. The van der Waals surface area contributed by atoms with Crippen molar-refractivity contribution in [2.24, 2.45) is 0 Å². The van der Waals surface area contributed by atoms with Crippen LogP contribution in [0.25, 0.3) is 6.08 Å². The molecule has 1 aromatic rings. The normalized spacial score (nSPS) is 18.3. The van der Waals surface area contributed by atoms with E-state index in [1.807, 2.05) is 4.90 Å². The molecule has 6 nitrogen and oxygen atoms in total. The van der Waals surface area contributed by atoms with Crippen molar-refractivity contribution in [1.29, 1.82) is 0 Å². The van der Waals surface area contributed by atoms with Crippen LogP contribution in [-0.2, 0) is 14.8 Å². The van der Waals surface area contributed by atoms with Crippen LogP contribution >= 0.6 is 11.6 Å². The van der Waals surface area contributed by atoms with Crippen molar-refractivity contribution in [1.82, 2.24) is 9.62 Å². The van der Waals surface area contributed by atoms with Crippen LogP contribution in [0.4, 0.5) is 0 Å². The van der Waals surface area contributed by atoms with Crippen LogP contribution in [-0.4, -0.2) is 63.9 Å². The van der Waals surface area contributed by atoms with Gasteiger partial charge in [0.15, 0.2) is 0 Å². The van der Waals surface area contributed by atoms with E-state index in [1.54, 1.807) is 24.3 Å². The largest absolute Gasteiger partial charge is 0.390 e. The predicted octanol–water partition coefficient (Wildman–Crippen LogP) is 0.923. The maximum atomic E-state index is 11.9. The Kier molecular flexibility index (Phi) is 7.01. The zero-order chi connectivity index (χ0) is 16.7. The van der Waals surface area contributed by atoms with E-state index >= 15 is 0 Å². The third-order valence-corrected chi connectivity index (χ3v) is 4.72. The zero-order valence-corrected chi connectivity index (χ0v) is 14.3. The van der Waals surface area contributed by atoms with E-state index in [2.05, 4.69) is 4.72 Å². The Labute approximate surface area is 141 Å². The molecular formula is C15H21ClN2O4S. The molecule has 0 bridgehead atoms. The van der Waals surface area contributed by atoms with Gasteiger partial charge in [0.2, 0.25) is 10.0 Å². The van der Waals surface area contributed by atoms with Crippen molar-refractivity contribution in [2.75, 3.05) is 39.4 Å². The van der Waals surface area contributed by atoms with E-state index in [-0.39, 0.29) is 6.54 Å². The number of rotatable bonds is 7. The molecule has 1 aliphatic rings. The number of aliphatic hydroxyl groups is 1. The summed E-state index contributed by atoms with van der Waals surface area (Å²) in [6.07, 6.45) is 0.722. The first-order chi connectivity index (χ1) is 10.9. The highest BCUT2D eigenvalue weighted by Crippen LogP contribution is 2.11. The van der Waals surface area contributed by atoms with Gasteiger partial charge in [0.25, 0.3) is 0 Å². The van der Waals surface area contributed by atoms with Gasteiger partial charge < -0.3 is 9.84 Å². The molecule has 23 heavy (non-hydrogen) atoms. The van der Waals surface area contributed by atoms with Crippen LogP contribution in [0.5, 0.6) is 0 Å². The molecule has 128 valence electrons. The number of hydrogen-bond acceptors (Lipinski definition) is 5. The van der Waals surface area contributed by atoms with Gasteiger partial charge in [-0.3, -0.25) is 4.90 Å². The Bertz CT molecular complexity index is 613. The van der Waals surface area contributed by atoms with E-state index in [1.165, 1.54) is 6.08 Å². The van der Waals surface area contributed by atoms with Gasteiger partial charge >= 0.3 is 0 Å². The lowest BCUT2D eigenvalue weighted by molar-refractivity contribution is 0.0158. The number of nitrogens with zero attached hydrogens (tertiary/aromatic N) is 1. The highest BCUT2D eigenvalue weighted by molar-refractivity contribution is 7.92. The lowest BCUT2D eigenvalue weighted by Gasteiger charge is -2.28. The lowest BCUT2D eigenvalue weighted by Crippen LogP contribution is -2.44. The molecule has 1 unspecified atom stereocenters. The summed E-state index contributed by atoms with van der Waals surface area (Å²) in [5.74, 6) is 0. The fraction of sp³-hybridized carbons (Fsp3) is 0.467. The Hall–Kier alpha value is -0.960. The first-order valence-corrected chi connectivity index (χ1v) is 9.28. The summed E-state index contributed by atoms with van der Waals surface area (Å²) in [6.45, 7) is 3.18. The van der Waals surface area contributed by atoms with Gasteiger partial charge in [-0.25, -0.2) is 13.1 Å². The van der Waals surface area contributed by atoms with Gasteiger partial charge in [0.1, 0.15) is 0 Å². The summed E-state index contributed by atoms with van der Waals surface area (Å²) in [5.41, 5.74) is 0.730. The summed E-state index contributed by atoms with van der Waals surface area (Å²) in [4.78, 5) is 2.05. The Balaban J connectivity index is 1.79. The molecule has 0 spiro atoms. The Morgan fingerprint density at radius 1 is 1.30 bits per heavy atom. The minimum absolute atomic E-state index is 0.0232. The van der Waals surface area contributed by atoms with Gasteiger partial charge in [0.05, 0.1) is 19.3 Å². The molecule has 8 heteroatoms. The number of morpholine rings is 1. The molecule has 2 rings (SSSR count). The molecule has 1 atom stereocenters. The number of halogens is 1. The average Bonchev–Trinajstić information content (AvgIpc) is 2.54. The summed E-state index contributed by atoms with van der Waals surface area (Å²) < 4.78 is 31.4. The molecule has 1 fully saturated rings. The van der Waals surface area contributed by atoms with Crippen LogP contribution in [0, 0.1) is 0 Å². The fourth-order valence-corrected chi connectivity index (χ4v) is 3.13.